The summed E-state index contributed by atoms with van der Waals surface area (Å²) in [6, 6.07) is 3.46. The Bertz CT molecular complexity index is 1120. The molecule has 2 N–H and O–H groups in total. The molecule has 1 aromatic carbocycles. The van der Waals surface area contributed by atoms with E-state index in [9.17, 15) is 12.8 Å². The molecule has 2 heterocycles. The Morgan fingerprint density at radius 1 is 1.31 bits per heavy atom. The van der Waals surface area contributed by atoms with Crippen molar-refractivity contribution in [3.63, 3.8) is 0 Å². The van der Waals surface area contributed by atoms with Crippen molar-refractivity contribution in [2.24, 2.45) is 0 Å². The molecule has 8 nitrogen and oxygen atoms in total. The number of halogens is 2. The molecule has 0 aliphatic heterocycles. The van der Waals surface area contributed by atoms with Gasteiger partial charge >= 0.3 is 0 Å². The lowest BCUT2D eigenvalue weighted by Crippen LogP contribution is -2.16. The maximum atomic E-state index is 13.6. The normalized spacial score (nSPS) is 12.6. The number of rotatable bonds is 7. The van der Waals surface area contributed by atoms with Crippen LogP contribution in [-0.2, 0) is 9.84 Å². The van der Waals surface area contributed by atoms with Crippen LogP contribution in [0.2, 0.25) is 5.02 Å². The molecule has 29 heavy (non-hydrogen) atoms. The third kappa shape index (κ3) is 4.83. The van der Waals surface area contributed by atoms with Gasteiger partial charge in [-0.1, -0.05) is 17.7 Å². The lowest BCUT2D eigenvalue weighted by atomic mass is 10.1. The smallest absolute Gasteiger partial charge is 0.223 e. The van der Waals surface area contributed by atoms with Crippen LogP contribution in [0.15, 0.2) is 35.6 Å². The summed E-state index contributed by atoms with van der Waals surface area (Å²) in [5.41, 5.74) is 0.929. The maximum Gasteiger partial charge on any atom is 0.223 e. The maximum absolute atomic E-state index is 13.6. The first-order chi connectivity index (χ1) is 13.7. The number of anilines is 1. The van der Waals surface area contributed by atoms with E-state index < -0.39 is 21.7 Å². The van der Waals surface area contributed by atoms with Crippen LogP contribution in [0.25, 0.3) is 0 Å². The van der Waals surface area contributed by atoms with Crippen molar-refractivity contribution in [3.05, 3.63) is 58.5 Å². The summed E-state index contributed by atoms with van der Waals surface area (Å²) < 4.78 is 42.9. The van der Waals surface area contributed by atoms with Crippen molar-refractivity contribution in [3.8, 4) is 5.75 Å². The molecule has 0 aliphatic rings. The van der Waals surface area contributed by atoms with Crippen LogP contribution in [0.1, 0.15) is 30.0 Å². The van der Waals surface area contributed by atoms with Crippen LogP contribution in [0.5, 0.6) is 5.75 Å². The molecule has 0 amide bonds. The predicted octanol–water partition coefficient (Wildman–Crippen LogP) is 3.30. The summed E-state index contributed by atoms with van der Waals surface area (Å²) in [5.74, 6) is 0.475. The third-order valence-electron chi connectivity index (χ3n) is 3.97. The van der Waals surface area contributed by atoms with Crippen LogP contribution in [0, 0.1) is 12.7 Å². The largest absolute Gasteiger partial charge is 0.491 e. The van der Waals surface area contributed by atoms with Crippen molar-refractivity contribution >= 4 is 27.4 Å². The summed E-state index contributed by atoms with van der Waals surface area (Å²) in [5, 5.41) is 2.93. The highest BCUT2D eigenvalue weighted by Gasteiger charge is 2.24. The molecule has 3 rings (SSSR count). The molecule has 11 heteroatoms. The van der Waals surface area contributed by atoms with E-state index in [1.165, 1.54) is 30.6 Å². The van der Waals surface area contributed by atoms with E-state index in [0.717, 1.165) is 6.26 Å². The number of sulfone groups is 1. The minimum Gasteiger partial charge on any atom is -0.491 e. The highest BCUT2D eigenvalue weighted by Crippen LogP contribution is 2.28. The zero-order chi connectivity index (χ0) is 21.2. The highest BCUT2D eigenvalue weighted by molar-refractivity contribution is 7.90. The van der Waals surface area contributed by atoms with Gasteiger partial charge in [-0.3, -0.25) is 0 Å². The number of benzene rings is 1. The third-order valence-corrected chi connectivity index (χ3v) is 5.36. The lowest BCUT2D eigenvalue weighted by molar-refractivity contribution is 0.337. The van der Waals surface area contributed by atoms with Crippen LogP contribution >= 0.6 is 11.6 Å². The fraction of sp³-hybridized carbons (Fsp3) is 0.278. The zero-order valence-electron chi connectivity index (χ0n) is 15.9. The van der Waals surface area contributed by atoms with Gasteiger partial charge in [-0.25, -0.2) is 27.8 Å². The van der Waals surface area contributed by atoms with Crippen molar-refractivity contribution in [2.45, 2.75) is 24.9 Å². The van der Waals surface area contributed by atoms with E-state index in [4.69, 9.17) is 16.3 Å². The van der Waals surface area contributed by atoms with Gasteiger partial charge in [0.05, 0.1) is 29.7 Å². The first-order valence-electron chi connectivity index (χ1n) is 8.62. The summed E-state index contributed by atoms with van der Waals surface area (Å²) in [4.78, 5) is 15.6. The van der Waals surface area contributed by atoms with Crippen molar-refractivity contribution in [1.82, 2.24) is 19.9 Å². The molecule has 2 aromatic heterocycles. The molecular weight excluding hydrogens is 421 g/mol. The first-order valence-corrected chi connectivity index (χ1v) is 10.9. The number of aromatic amines is 1. The first kappa shape index (κ1) is 21.0. The number of ether oxygens (including phenoxy) is 1. The number of imidazole rings is 1. The highest BCUT2D eigenvalue weighted by atomic mass is 35.5. The molecule has 0 aliphatic carbocycles. The van der Waals surface area contributed by atoms with Crippen molar-refractivity contribution in [1.29, 1.82) is 0 Å². The van der Waals surface area contributed by atoms with Gasteiger partial charge < -0.3 is 15.0 Å². The Hall–Kier alpha value is -2.72. The number of hydrogen-bond acceptors (Lipinski definition) is 7. The van der Waals surface area contributed by atoms with Crippen molar-refractivity contribution in [2.75, 3.05) is 18.2 Å². The van der Waals surface area contributed by atoms with E-state index in [-0.39, 0.29) is 16.0 Å². The minimum atomic E-state index is -3.53. The second kappa shape index (κ2) is 8.34. The molecule has 0 bridgehead atoms. The second-order valence-corrected chi connectivity index (χ2v) is 8.59. The van der Waals surface area contributed by atoms with E-state index in [2.05, 4.69) is 25.3 Å². The van der Waals surface area contributed by atoms with E-state index in [0.29, 0.717) is 29.4 Å². The van der Waals surface area contributed by atoms with Gasteiger partial charge in [0.1, 0.15) is 17.7 Å². The predicted molar refractivity (Wildman–Crippen MR) is 107 cm³/mol. The number of nitrogens with one attached hydrogen (secondary N) is 2. The quantitative estimate of drug-likeness (QED) is 0.581. The van der Waals surface area contributed by atoms with Crippen LogP contribution < -0.4 is 10.1 Å². The summed E-state index contributed by atoms with van der Waals surface area (Å²) in [7, 11) is -3.53. The molecule has 0 fully saturated rings. The summed E-state index contributed by atoms with van der Waals surface area (Å²) in [6.07, 6.45) is 4.08. The molecule has 1 atom stereocenters. The Labute approximate surface area is 172 Å². The van der Waals surface area contributed by atoms with E-state index >= 15 is 0 Å². The Morgan fingerprint density at radius 3 is 2.55 bits per heavy atom. The zero-order valence-corrected chi connectivity index (χ0v) is 17.5. The standard InChI is InChI=1S/C18H19ClFN5O3S/c1-4-28-12-8-21-18(22-9-12)24-15(11-5-6-14(20)13(19)7-11)16-23-10(2)17(25-16)29(3,26)27/h5-9,15H,4H2,1-3H3,(H,23,25)(H,21,22,24). The molecule has 0 spiro atoms. The minimum absolute atomic E-state index is 0.0693. The van der Waals surface area contributed by atoms with Gasteiger partial charge in [0.15, 0.2) is 20.6 Å². The molecule has 154 valence electrons. The van der Waals surface area contributed by atoms with Crippen LogP contribution in [0.4, 0.5) is 10.3 Å². The second-order valence-electron chi connectivity index (χ2n) is 6.25. The van der Waals surface area contributed by atoms with Gasteiger partial charge in [-0.05, 0) is 31.5 Å². The molecule has 3 aromatic rings. The van der Waals surface area contributed by atoms with E-state index in [1.54, 1.807) is 6.92 Å². The summed E-state index contributed by atoms with van der Waals surface area (Å²) in [6.45, 7) is 3.93. The molecule has 0 saturated carbocycles. The molecule has 0 saturated heterocycles. The fourth-order valence-corrected chi connectivity index (χ4v) is 3.79. The van der Waals surface area contributed by atoms with Crippen LogP contribution in [-0.4, -0.2) is 41.2 Å². The van der Waals surface area contributed by atoms with Crippen molar-refractivity contribution < 1.29 is 17.5 Å². The fourth-order valence-electron chi connectivity index (χ4n) is 2.73. The number of H-pyrrole nitrogens is 1. The number of aryl methyl sites for hydroxylation is 1. The van der Waals surface area contributed by atoms with Gasteiger partial charge in [0.25, 0.3) is 0 Å². The lowest BCUT2D eigenvalue weighted by Gasteiger charge is -2.18. The van der Waals surface area contributed by atoms with Gasteiger partial charge in [0.2, 0.25) is 5.95 Å². The average molecular weight is 440 g/mol. The van der Waals surface area contributed by atoms with E-state index in [1.807, 2.05) is 6.92 Å². The Kier molecular flexibility index (Phi) is 6.04. The number of aromatic nitrogens is 4. The van der Waals surface area contributed by atoms with Gasteiger partial charge in [-0.2, -0.15) is 0 Å². The Morgan fingerprint density at radius 2 is 2.00 bits per heavy atom. The monoisotopic (exact) mass is 439 g/mol. The SMILES string of the molecule is CCOc1cnc(NC(c2ccc(F)c(Cl)c2)c2nc(S(C)(=O)=O)c(C)[nH]2)nc1. The number of hydrogen-bond donors (Lipinski definition) is 2. The molecule has 0 radical (unpaired) electrons. The van der Waals surface area contributed by atoms with Crippen LogP contribution in [0.3, 0.4) is 0 Å². The summed E-state index contributed by atoms with van der Waals surface area (Å²) >= 11 is 5.94. The molecular formula is C18H19ClFN5O3S. The topological polar surface area (TPSA) is 110 Å². The van der Waals surface area contributed by atoms with Gasteiger partial charge in [0, 0.05) is 6.26 Å². The average Bonchev–Trinajstić information content (AvgIpc) is 3.05. The Balaban J connectivity index is 2.03. The molecule has 1 unspecified atom stereocenters. The number of nitrogens with zero attached hydrogens (tertiary/aromatic N) is 3. The van der Waals surface area contributed by atoms with Gasteiger partial charge in [-0.15, -0.1) is 0 Å².